The molecule has 1 aliphatic heterocycles. The van der Waals surface area contributed by atoms with E-state index in [4.69, 9.17) is 13.7 Å². The van der Waals surface area contributed by atoms with E-state index >= 15 is 0 Å². The Labute approximate surface area is 155 Å². The minimum absolute atomic E-state index is 0.0742. The summed E-state index contributed by atoms with van der Waals surface area (Å²) >= 11 is 0. The minimum atomic E-state index is -3.92. The van der Waals surface area contributed by atoms with Gasteiger partial charge in [0, 0.05) is 0 Å². The average Bonchev–Trinajstić information content (AvgIpc) is 2.79. The Morgan fingerprint density at radius 3 is 2.38 bits per heavy atom. The van der Waals surface area contributed by atoms with Gasteiger partial charge in [0.05, 0.1) is 24.2 Å². The zero-order valence-corrected chi connectivity index (χ0v) is 16.9. The molecule has 0 saturated carbocycles. The van der Waals surface area contributed by atoms with Crippen molar-refractivity contribution < 1.29 is 26.9 Å². The highest BCUT2D eigenvalue weighted by molar-refractivity contribution is 7.86. The molecule has 146 valence electrons. The van der Waals surface area contributed by atoms with Crippen molar-refractivity contribution in [2.45, 2.75) is 63.8 Å². The van der Waals surface area contributed by atoms with E-state index in [1.54, 1.807) is 46.8 Å². The fourth-order valence-corrected chi connectivity index (χ4v) is 3.57. The number of benzene rings is 1. The Kier molecular flexibility index (Phi) is 5.70. The molecule has 2 rings (SSSR count). The molecule has 7 nitrogen and oxygen atoms in total. The number of ether oxygens (including phenoxy) is 2. The molecule has 1 aromatic rings. The molecule has 1 fully saturated rings. The van der Waals surface area contributed by atoms with Crippen molar-refractivity contribution in [2.75, 3.05) is 13.2 Å². The Morgan fingerprint density at radius 2 is 1.85 bits per heavy atom. The summed E-state index contributed by atoms with van der Waals surface area (Å²) in [5, 5.41) is 0. The first-order valence-electron chi connectivity index (χ1n) is 8.44. The van der Waals surface area contributed by atoms with Crippen LogP contribution < -0.4 is 0 Å². The topological polar surface area (TPSA) is 82.1 Å². The van der Waals surface area contributed by atoms with Crippen LogP contribution in [-0.4, -0.2) is 50.0 Å². The summed E-state index contributed by atoms with van der Waals surface area (Å²) in [6.45, 7) is 10.6. The lowest BCUT2D eigenvalue weighted by Gasteiger charge is -2.34. The van der Waals surface area contributed by atoms with Crippen LogP contribution in [0.2, 0.25) is 0 Å². The summed E-state index contributed by atoms with van der Waals surface area (Å²) in [7, 11) is -3.92. The van der Waals surface area contributed by atoms with Crippen molar-refractivity contribution in [2.24, 2.45) is 0 Å². The lowest BCUT2D eigenvalue weighted by atomic mass is 10.2. The fourth-order valence-electron chi connectivity index (χ4n) is 2.63. The van der Waals surface area contributed by atoms with Gasteiger partial charge in [-0.3, -0.25) is 9.08 Å². The molecule has 1 heterocycles. The van der Waals surface area contributed by atoms with Crippen molar-refractivity contribution in [1.82, 2.24) is 4.90 Å². The lowest BCUT2D eigenvalue weighted by molar-refractivity contribution is -0.0637. The van der Waals surface area contributed by atoms with Crippen LogP contribution in [0.5, 0.6) is 0 Å². The molecule has 0 bridgehead atoms. The number of aryl methyl sites for hydroxylation is 1. The van der Waals surface area contributed by atoms with Gasteiger partial charge < -0.3 is 9.47 Å². The van der Waals surface area contributed by atoms with Gasteiger partial charge in [-0.1, -0.05) is 17.7 Å². The Hall–Kier alpha value is -1.64. The maximum Gasteiger partial charge on any atom is 0.412 e. The molecule has 0 aliphatic carbocycles. The maximum atomic E-state index is 12.5. The number of carbonyl (C=O) groups excluding carboxylic acids is 1. The molecule has 1 saturated heterocycles. The van der Waals surface area contributed by atoms with Crippen LogP contribution in [0.4, 0.5) is 4.79 Å². The van der Waals surface area contributed by atoms with E-state index in [2.05, 4.69) is 0 Å². The molecule has 1 unspecified atom stereocenters. The van der Waals surface area contributed by atoms with Gasteiger partial charge in [-0.15, -0.1) is 0 Å². The molecule has 0 N–H and O–H groups in total. The first kappa shape index (κ1) is 20.7. The van der Waals surface area contributed by atoms with E-state index in [0.717, 1.165) is 5.56 Å². The van der Waals surface area contributed by atoms with Crippen LogP contribution in [0.15, 0.2) is 29.2 Å². The first-order chi connectivity index (χ1) is 11.8. The van der Waals surface area contributed by atoms with E-state index < -0.39 is 33.6 Å². The molecule has 1 amide bonds. The summed E-state index contributed by atoms with van der Waals surface area (Å²) in [5.74, 6) is 0. The summed E-state index contributed by atoms with van der Waals surface area (Å²) in [6, 6.07) is 5.81. The summed E-state index contributed by atoms with van der Waals surface area (Å²) < 4.78 is 41.0. The number of hydrogen-bond acceptors (Lipinski definition) is 6. The third kappa shape index (κ3) is 4.96. The summed E-state index contributed by atoms with van der Waals surface area (Å²) in [4.78, 5) is 14.0. The van der Waals surface area contributed by atoms with Crippen LogP contribution in [-0.2, 0) is 23.8 Å². The van der Waals surface area contributed by atoms with Gasteiger partial charge in [0.15, 0.2) is 0 Å². The van der Waals surface area contributed by atoms with Gasteiger partial charge in [-0.05, 0) is 53.7 Å². The third-order valence-corrected chi connectivity index (χ3v) is 5.19. The van der Waals surface area contributed by atoms with E-state index in [1.165, 1.54) is 17.0 Å². The van der Waals surface area contributed by atoms with Gasteiger partial charge in [-0.2, -0.15) is 8.42 Å². The van der Waals surface area contributed by atoms with E-state index in [9.17, 15) is 13.2 Å². The van der Waals surface area contributed by atoms with Crippen molar-refractivity contribution in [1.29, 1.82) is 0 Å². The Bertz CT molecular complexity index is 749. The van der Waals surface area contributed by atoms with Crippen molar-refractivity contribution >= 4 is 16.2 Å². The first-order valence-corrected chi connectivity index (χ1v) is 9.85. The average molecular weight is 385 g/mol. The number of carbonyl (C=O) groups is 1. The van der Waals surface area contributed by atoms with E-state index in [-0.39, 0.29) is 18.1 Å². The summed E-state index contributed by atoms with van der Waals surface area (Å²) in [6.07, 6.45) is -0.568. The quantitative estimate of drug-likeness (QED) is 0.741. The molecule has 26 heavy (non-hydrogen) atoms. The van der Waals surface area contributed by atoms with Gasteiger partial charge in [0.1, 0.15) is 11.3 Å². The summed E-state index contributed by atoms with van der Waals surface area (Å²) in [5.41, 5.74) is -0.634. The smallest absolute Gasteiger partial charge is 0.412 e. The zero-order valence-electron chi connectivity index (χ0n) is 16.1. The highest BCUT2D eigenvalue weighted by Crippen LogP contribution is 2.30. The van der Waals surface area contributed by atoms with Crippen molar-refractivity contribution in [3.63, 3.8) is 0 Å². The van der Waals surface area contributed by atoms with E-state index in [1.807, 2.05) is 6.92 Å². The number of hydrogen-bond donors (Lipinski definition) is 0. The second-order valence-corrected chi connectivity index (χ2v) is 9.43. The van der Waals surface area contributed by atoms with Crippen LogP contribution >= 0.6 is 0 Å². The molecule has 1 aromatic carbocycles. The van der Waals surface area contributed by atoms with Crippen molar-refractivity contribution in [3.8, 4) is 0 Å². The largest absolute Gasteiger partial charge is 0.444 e. The number of rotatable bonds is 4. The predicted molar refractivity (Wildman–Crippen MR) is 96.2 cm³/mol. The number of amides is 1. The fraction of sp³-hybridized carbons (Fsp3) is 0.611. The Balaban J connectivity index is 2.12. The predicted octanol–water partition coefficient (Wildman–Crippen LogP) is 3.07. The molecule has 0 radical (unpaired) electrons. The van der Waals surface area contributed by atoms with Crippen molar-refractivity contribution in [3.05, 3.63) is 29.8 Å². The van der Waals surface area contributed by atoms with Gasteiger partial charge in [0.2, 0.25) is 0 Å². The van der Waals surface area contributed by atoms with Crippen LogP contribution in [0.25, 0.3) is 0 Å². The highest BCUT2D eigenvalue weighted by Gasteiger charge is 2.46. The minimum Gasteiger partial charge on any atom is -0.444 e. The SMILES string of the molecule is Cc1ccc(S(=O)(=O)OCC2COC(C)(C)N2C(=O)OC(C)(C)C)cc1. The van der Waals surface area contributed by atoms with Gasteiger partial charge in [-0.25, -0.2) is 4.79 Å². The molecule has 1 atom stereocenters. The molecule has 1 aliphatic rings. The zero-order chi connectivity index (χ0) is 19.8. The molecule has 0 aromatic heterocycles. The van der Waals surface area contributed by atoms with E-state index in [0.29, 0.717) is 0 Å². The second-order valence-electron chi connectivity index (χ2n) is 7.81. The lowest BCUT2D eigenvalue weighted by Crippen LogP contribution is -2.51. The van der Waals surface area contributed by atoms with Gasteiger partial charge in [0.25, 0.3) is 10.1 Å². The molecular formula is C18H27NO6S. The second kappa shape index (κ2) is 7.17. The standard InChI is InChI=1S/C18H27NO6S/c1-13-7-9-15(10-8-13)26(21,22)24-12-14-11-23-18(5,6)19(14)16(20)25-17(2,3)4/h7-10,14H,11-12H2,1-6H3. The normalized spacial score (nSPS) is 20.2. The maximum absolute atomic E-state index is 12.5. The Morgan fingerprint density at radius 1 is 1.27 bits per heavy atom. The molecular weight excluding hydrogens is 358 g/mol. The van der Waals surface area contributed by atoms with Crippen LogP contribution in [0.1, 0.15) is 40.2 Å². The van der Waals surface area contributed by atoms with Gasteiger partial charge >= 0.3 is 6.09 Å². The van der Waals surface area contributed by atoms with Crippen LogP contribution in [0.3, 0.4) is 0 Å². The monoisotopic (exact) mass is 385 g/mol. The molecule has 8 heteroatoms. The third-order valence-electron chi connectivity index (χ3n) is 3.89. The van der Waals surface area contributed by atoms with Crippen LogP contribution in [0, 0.1) is 6.92 Å². The number of nitrogens with zero attached hydrogens (tertiary/aromatic N) is 1. The highest BCUT2D eigenvalue weighted by atomic mass is 32.2. The molecule has 0 spiro atoms.